The molecule has 0 bridgehead atoms. The number of benzene rings is 1. The Kier molecular flexibility index (Phi) is 5.50. The van der Waals surface area contributed by atoms with Gasteiger partial charge >= 0.3 is 0 Å². The van der Waals surface area contributed by atoms with Gasteiger partial charge in [0.25, 0.3) is 0 Å². The minimum atomic E-state index is -0.389. The van der Waals surface area contributed by atoms with Crippen LogP contribution in [-0.4, -0.2) is 39.5 Å². The maximum Gasteiger partial charge on any atom is 0.119 e. The average molecular weight is 370 g/mol. The Bertz CT molecular complexity index is 782. The number of fused-ring (bicyclic) bond motifs is 1. The molecule has 1 aliphatic heterocycles. The van der Waals surface area contributed by atoms with E-state index in [1.165, 1.54) is 23.2 Å². The van der Waals surface area contributed by atoms with Gasteiger partial charge in [0, 0.05) is 26.2 Å². The molecule has 0 saturated heterocycles. The fourth-order valence-electron chi connectivity index (χ4n) is 3.98. The van der Waals surface area contributed by atoms with E-state index in [1.54, 1.807) is 0 Å². The zero-order valence-electron chi connectivity index (χ0n) is 16.5. The van der Waals surface area contributed by atoms with Crippen molar-refractivity contribution in [3.63, 3.8) is 0 Å². The van der Waals surface area contributed by atoms with Crippen molar-refractivity contribution < 1.29 is 9.84 Å². The third-order valence-corrected chi connectivity index (χ3v) is 6.17. The number of rotatable bonds is 6. The molecule has 1 aromatic carbocycles. The lowest BCUT2D eigenvalue weighted by Gasteiger charge is -2.29. The Labute approximate surface area is 161 Å². The summed E-state index contributed by atoms with van der Waals surface area (Å²) in [6.07, 6.45) is 4.19. The molecule has 0 amide bonds. The Hall–Kier alpha value is -1.85. The Balaban J connectivity index is 1.33. The van der Waals surface area contributed by atoms with Gasteiger partial charge < -0.3 is 9.84 Å². The van der Waals surface area contributed by atoms with E-state index in [-0.39, 0.29) is 6.10 Å². The molecule has 1 atom stereocenters. The highest BCUT2D eigenvalue weighted by molar-refractivity contribution is 5.33. The summed E-state index contributed by atoms with van der Waals surface area (Å²) in [4.78, 5) is 2.43. The molecule has 1 N–H and O–H groups in total. The molecule has 27 heavy (non-hydrogen) atoms. The third kappa shape index (κ3) is 4.19. The zero-order valence-corrected chi connectivity index (χ0v) is 16.5. The van der Waals surface area contributed by atoms with Crippen LogP contribution in [-0.2, 0) is 13.1 Å². The van der Waals surface area contributed by atoms with Crippen molar-refractivity contribution in [2.75, 3.05) is 19.7 Å². The highest BCUT2D eigenvalue weighted by atomic mass is 16.5. The minimum Gasteiger partial charge on any atom is -0.492 e. The summed E-state index contributed by atoms with van der Waals surface area (Å²) in [5, 5.41) is 15.2. The Morgan fingerprint density at radius 1 is 1.15 bits per heavy atom. The fraction of sp³-hybridized carbons (Fsp3) is 0.591. The van der Waals surface area contributed by atoms with Crippen molar-refractivity contribution in [1.29, 1.82) is 0 Å². The summed E-state index contributed by atoms with van der Waals surface area (Å²) in [5.41, 5.74) is 4.64. The van der Waals surface area contributed by atoms with Gasteiger partial charge in [-0.05, 0) is 68.4 Å². The first kappa shape index (κ1) is 18.5. The van der Waals surface area contributed by atoms with Crippen LogP contribution in [0.15, 0.2) is 24.3 Å². The molecule has 2 aromatic rings. The van der Waals surface area contributed by atoms with Crippen molar-refractivity contribution in [2.24, 2.45) is 5.92 Å². The topological polar surface area (TPSA) is 50.5 Å². The molecule has 1 unspecified atom stereocenters. The summed E-state index contributed by atoms with van der Waals surface area (Å²) in [7, 11) is 0. The predicted molar refractivity (Wildman–Crippen MR) is 106 cm³/mol. The molecule has 1 aliphatic carbocycles. The smallest absolute Gasteiger partial charge is 0.119 e. The van der Waals surface area contributed by atoms with Crippen molar-refractivity contribution in [3.05, 3.63) is 46.8 Å². The molecule has 4 rings (SSSR count). The second kappa shape index (κ2) is 8.03. The number of aryl methyl sites for hydroxylation is 3. The summed E-state index contributed by atoms with van der Waals surface area (Å²) in [6.45, 7) is 8.69. The summed E-state index contributed by atoms with van der Waals surface area (Å²) in [6, 6.07) is 8.39. The van der Waals surface area contributed by atoms with Crippen LogP contribution in [0.1, 0.15) is 54.3 Å². The number of ether oxygens (including phenoxy) is 1. The van der Waals surface area contributed by atoms with Gasteiger partial charge in [-0.2, -0.15) is 5.10 Å². The van der Waals surface area contributed by atoms with E-state index in [0.29, 0.717) is 12.5 Å². The molecular weight excluding hydrogens is 338 g/mol. The maximum atomic E-state index is 10.5. The Morgan fingerprint density at radius 2 is 2.00 bits per heavy atom. The monoisotopic (exact) mass is 369 g/mol. The molecule has 0 spiro atoms. The number of hydrogen-bond donors (Lipinski definition) is 1. The molecule has 1 aromatic heterocycles. The minimum absolute atomic E-state index is 0.389. The summed E-state index contributed by atoms with van der Waals surface area (Å²) in [5.74, 6) is 1.36. The second-order valence-electron chi connectivity index (χ2n) is 8.14. The molecule has 0 radical (unpaired) electrons. The standard InChI is InChI=1S/C22H31N3O2/c1-16-7-8-20(13-17(16)2)27-12-11-24-9-4-10-25-19(15-24)14-21(23-25)22(26)18-5-3-6-18/h7-8,13-14,18,22,26H,3-6,9-12,15H2,1-2H3. The molecule has 5 nitrogen and oxygen atoms in total. The van der Waals surface area contributed by atoms with Crippen LogP contribution < -0.4 is 4.74 Å². The number of aliphatic hydroxyl groups excluding tert-OH is 1. The van der Waals surface area contributed by atoms with Crippen LogP contribution in [0.25, 0.3) is 0 Å². The van der Waals surface area contributed by atoms with Gasteiger partial charge in [0.2, 0.25) is 0 Å². The molecule has 5 heteroatoms. The molecule has 2 aliphatic rings. The number of hydrogen-bond acceptors (Lipinski definition) is 4. The molecule has 1 fully saturated rings. The van der Waals surface area contributed by atoms with E-state index >= 15 is 0 Å². The molecular formula is C22H31N3O2. The van der Waals surface area contributed by atoms with Gasteiger partial charge in [-0.1, -0.05) is 12.5 Å². The third-order valence-electron chi connectivity index (χ3n) is 6.17. The molecule has 1 saturated carbocycles. The van der Waals surface area contributed by atoms with Gasteiger partial charge in [0.05, 0.1) is 11.4 Å². The van der Waals surface area contributed by atoms with Crippen LogP contribution in [0.3, 0.4) is 0 Å². The van der Waals surface area contributed by atoms with Crippen molar-refractivity contribution in [3.8, 4) is 5.75 Å². The van der Waals surface area contributed by atoms with E-state index in [0.717, 1.165) is 56.9 Å². The lowest BCUT2D eigenvalue weighted by atomic mass is 9.80. The fourth-order valence-corrected chi connectivity index (χ4v) is 3.98. The van der Waals surface area contributed by atoms with Crippen LogP contribution in [0.2, 0.25) is 0 Å². The van der Waals surface area contributed by atoms with E-state index < -0.39 is 0 Å². The first-order valence-electron chi connectivity index (χ1n) is 10.3. The van der Waals surface area contributed by atoms with Crippen LogP contribution in [0.5, 0.6) is 5.75 Å². The van der Waals surface area contributed by atoms with Crippen molar-refractivity contribution >= 4 is 0 Å². The molecule has 2 heterocycles. The van der Waals surface area contributed by atoms with Gasteiger partial charge in [-0.25, -0.2) is 0 Å². The quantitative estimate of drug-likeness (QED) is 0.845. The first-order chi connectivity index (χ1) is 13.1. The Morgan fingerprint density at radius 3 is 2.74 bits per heavy atom. The average Bonchev–Trinajstić information content (AvgIpc) is 2.90. The van der Waals surface area contributed by atoms with E-state index in [2.05, 4.69) is 41.6 Å². The molecule has 146 valence electrons. The summed E-state index contributed by atoms with van der Waals surface area (Å²) >= 11 is 0. The van der Waals surface area contributed by atoms with E-state index in [4.69, 9.17) is 9.84 Å². The van der Waals surface area contributed by atoms with Gasteiger partial charge in [-0.15, -0.1) is 0 Å². The SMILES string of the molecule is Cc1ccc(OCCN2CCCn3nc(C(O)C4CCC4)cc3C2)cc1C. The highest BCUT2D eigenvalue weighted by Crippen LogP contribution is 2.37. The van der Waals surface area contributed by atoms with Gasteiger partial charge in [-0.3, -0.25) is 9.58 Å². The number of aromatic nitrogens is 2. The van der Waals surface area contributed by atoms with Crippen molar-refractivity contribution in [1.82, 2.24) is 14.7 Å². The normalized spacial score (nSPS) is 19.2. The lowest BCUT2D eigenvalue weighted by Crippen LogP contribution is -2.28. The van der Waals surface area contributed by atoms with Crippen LogP contribution in [0.4, 0.5) is 0 Å². The van der Waals surface area contributed by atoms with Gasteiger partial charge in [0.1, 0.15) is 18.5 Å². The number of nitrogens with zero attached hydrogens (tertiary/aromatic N) is 3. The number of aliphatic hydroxyl groups is 1. The van der Waals surface area contributed by atoms with Crippen LogP contribution in [0, 0.1) is 19.8 Å². The lowest BCUT2D eigenvalue weighted by molar-refractivity contribution is 0.0580. The van der Waals surface area contributed by atoms with Gasteiger partial charge in [0.15, 0.2) is 0 Å². The second-order valence-corrected chi connectivity index (χ2v) is 8.14. The maximum absolute atomic E-state index is 10.5. The van der Waals surface area contributed by atoms with E-state index in [1.807, 2.05) is 6.07 Å². The zero-order chi connectivity index (χ0) is 18.8. The largest absolute Gasteiger partial charge is 0.492 e. The summed E-state index contributed by atoms with van der Waals surface area (Å²) < 4.78 is 8.06. The predicted octanol–water partition coefficient (Wildman–Crippen LogP) is 3.62. The van der Waals surface area contributed by atoms with Crippen molar-refractivity contribution in [2.45, 2.75) is 58.7 Å². The van der Waals surface area contributed by atoms with E-state index in [9.17, 15) is 5.11 Å². The highest BCUT2D eigenvalue weighted by Gasteiger charge is 2.29. The first-order valence-corrected chi connectivity index (χ1v) is 10.3. The van der Waals surface area contributed by atoms with Crippen LogP contribution >= 0.6 is 0 Å².